The Morgan fingerprint density at radius 3 is 2.35 bits per heavy atom. The van der Waals surface area contributed by atoms with Crippen molar-refractivity contribution in [1.29, 1.82) is 0 Å². The topological polar surface area (TPSA) is 108 Å². The minimum Gasteiger partial charge on any atom is -0.466 e. The Morgan fingerprint density at radius 1 is 1.26 bits per heavy atom. The smallest absolute Gasteiger partial charge is 0.354 e. The van der Waals surface area contributed by atoms with Crippen molar-refractivity contribution in [3.05, 3.63) is 43.6 Å². The molecule has 23 heavy (non-hydrogen) atoms. The number of hydrogen-bond donors (Lipinski definition) is 1. The first-order chi connectivity index (χ1) is 10.7. The Labute approximate surface area is 140 Å². The molecule has 0 bridgehead atoms. The molecule has 8 nitrogen and oxygen atoms in total. The molecule has 0 aliphatic carbocycles. The van der Waals surface area contributed by atoms with E-state index in [1.54, 1.807) is 13.8 Å². The molecule has 1 aromatic carbocycles. The summed E-state index contributed by atoms with van der Waals surface area (Å²) in [7, 11) is 2.34. The van der Waals surface area contributed by atoms with Crippen LogP contribution in [-0.4, -0.2) is 31.1 Å². The molecule has 0 atom stereocenters. The summed E-state index contributed by atoms with van der Waals surface area (Å²) in [5, 5.41) is 13.8. The van der Waals surface area contributed by atoms with Gasteiger partial charge in [-0.1, -0.05) is 0 Å². The molecular weight excluding hydrogens is 372 g/mol. The molecule has 0 aromatic heterocycles. The lowest BCUT2D eigenvalue weighted by Gasteiger charge is -2.15. The maximum absolute atomic E-state index is 11.8. The normalized spacial score (nSPS) is 10.9. The largest absolute Gasteiger partial charge is 0.466 e. The molecule has 1 N–H and O–H groups in total. The molecule has 1 rings (SSSR count). The molecule has 124 valence electrons. The standard InChI is InChI=1S/C14H15BrN2O6/c1-7-8(2)13(9(15)5-11(7)17(20)21)16-10(14(19)23-4)6-12(18)22-3/h5-6,16H,1-4H3/b10-6+. The van der Waals surface area contributed by atoms with E-state index in [1.807, 2.05) is 0 Å². The van der Waals surface area contributed by atoms with E-state index < -0.39 is 16.9 Å². The molecule has 0 saturated carbocycles. The zero-order valence-corrected chi connectivity index (χ0v) is 14.5. The molecule has 0 amide bonds. The Bertz CT molecular complexity index is 699. The highest BCUT2D eigenvalue weighted by atomic mass is 79.9. The van der Waals surface area contributed by atoms with Gasteiger partial charge in [0, 0.05) is 16.1 Å². The molecule has 9 heteroatoms. The van der Waals surface area contributed by atoms with Crippen LogP contribution in [0.4, 0.5) is 11.4 Å². The maximum atomic E-state index is 11.8. The van der Waals surface area contributed by atoms with Crippen LogP contribution < -0.4 is 5.32 Å². The van der Waals surface area contributed by atoms with Gasteiger partial charge in [-0.3, -0.25) is 10.1 Å². The maximum Gasteiger partial charge on any atom is 0.354 e. The molecule has 0 spiro atoms. The highest BCUT2D eigenvalue weighted by molar-refractivity contribution is 9.10. The minimum atomic E-state index is -0.780. The molecule has 0 fully saturated rings. The molecule has 0 radical (unpaired) electrons. The SMILES string of the molecule is COC(=O)/C=C(/Nc1c(Br)cc([N+](=O)[O-])c(C)c1C)C(=O)OC. The highest BCUT2D eigenvalue weighted by Gasteiger charge is 2.21. The van der Waals surface area contributed by atoms with E-state index in [4.69, 9.17) is 0 Å². The van der Waals surface area contributed by atoms with Gasteiger partial charge < -0.3 is 14.8 Å². The van der Waals surface area contributed by atoms with Crippen LogP contribution in [0.2, 0.25) is 0 Å². The van der Waals surface area contributed by atoms with Gasteiger partial charge in [-0.2, -0.15) is 0 Å². The first kappa shape index (κ1) is 18.6. The van der Waals surface area contributed by atoms with Crippen molar-refractivity contribution in [3.63, 3.8) is 0 Å². The van der Waals surface area contributed by atoms with Gasteiger partial charge in [-0.05, 0) is 35.3 Å². The summed E-state index contributed by atoms with van der Waals surface area (Å²) in [6.07, 6.45) is 0.939. The fourth-order valence-corrected chi connectivity index (χ4v) is 2.38. The Kier molecular flexibility index (Phi) is 6.26. The van der Waals surface area contributed by atoms with Gasteiger partial charge in [0.15, 0.2) is 0 Å². The van der Waals surface area contributed by atoms with Crippen LogP contribution >= 0.6 is 15.9 Å². The van der Waals surface area contributed by atoms with Gasteiger partial charge >= 0.3 is 11.9 Å². The first-order valence-electron chi connectivity index (χ1n) is 6.32. The van der Waals surface area contributed by atoms with Crippen molar-refractivity contribution in [1.82, 2.24) is 0 Å². The quantitative estimate of drug-likeness (QED) is 0.358. The van der Waals surface area contributed by atoms with Crippen LogP contribution in [-0.2, 0) is 19.1 Å². The molecule has 0 heterocycles. The summed E-state index contributed by atoms with van der Waals surface area (Å²) in [5.74, 6) is -1.52. The number of carbonyl (C=O) groups excluding carboxylic acids is 2. The fourth-order valence-electron chi connectivity index (χ4n) is 1.77. The van der Waals surface area contributed by atoms with Crippen LogP contribution in [0.1, 0.15) is 11.1 Å². The van der Waals surface area contributed by atoms with E-state index in [1.165, 1.54) is 13.2 Å². The number of halogens is 1. The molecule has 0 saturated heterocycles. The Balaban J connectivity index is 3.38. The van der Waals surface area contributed by atoms with E-state index in [9.17, 15) is 19.7 Å². The Morgan fingerprint density at radius 2 is 1.87 bits per heavy atom. The molecule has 0 aliphatic rings. The number of nitro benzene ring substituents is 1. The summed E-state index contributed by atoms with van der Waals surface area (Å²) in [6.45, 7) is 3.25. The summed E-state index contributed by atoms with van der Waals surface area (Å²) in [4.78, 5) is 33.7. The number of hydrogen-bond acceptors (Lipinski definition) is 7. The van der Waals surface area contributed by atoms with Crippen LogP contribution in [0, 0.1) is 24.0 Å². The van der Waals surface area contributed by atoms with Crippen LogP contribution in [0.15, 0.2) is 22.3 Å². The molecule has 1 aromatic rings. The van der Waals surface area contributed by atoms with Crippen LogP contribution in [0.5, 0.6) is 0 Å². The lowest BCUT2D eigenvalue weighted by molar-refractivity contribution is -0.385. The van der Waals surface area contributed by atoms with Gasteiger partial charge in [0.2, 0.25) is 0 Å². The lowest BCUT2D eigenvalue weighted by atomic mass is 10.1. The summed E-state index contributed by atoms with van der Waals surface area (Å²) < 4.78 is 9.45. The van der Waals surface area contributed by atoms with Crippen molar-refractivity contribution in [2.45, 2.75) is 13.8 Å². The summed E-state index contributed by atoms with van der Waals surface area (Å²) in [5.41, 5.74) is 1.18. The zero-order valence-electron chi connectivity index (χ0n) is 12.9. The number of nitro groups is 1. The zero-order chi connectivity index (χ0) is 17.7. The van der Waals surface area contributed by atoms with Gasteiger partial charge in [0.05, 0.1) is 30.9 Å². The molecule has 0 aliphatic heterocycles. The average Bonchev–Trinajstić information content (AvgIpc) is 2.52. The number of anilines is 1. The second kappa shape index (κ2) is 7.73. The Hall–Kier alpha value is -2.42. The number of esters is 2. The van der Waals surface area contributed by atoms with Crippen molar-refractivity contribution in [2.75, 3.05) is 19.5 Å². The second-order valence-corrected chi connectivity index (χ2v) is 5.31. The molecular formula is C14H15BrN2O6. The summed E-state index contributed by atoms with van der Waals surface area (Å²) >= 11 is 3.22. The number of ether oxygens (including phenoxy) is 2. The van der Waals surface area contributed by atoms with Crippen LogP contribution in [0.25, 0.3) is 0 Å². The third-order valence-corrected chi connectivity index (χ3v) is 3.77. The lowest BCUT2D eigenvalue weighted by Crippen LogP contribution is -2.16. The second-order valence-electron chi connectivity index (χ2n) is 4.46. The average molecular weight is 387 g/mol. The predicted molar refractivity (Wildman–Crippen MR) is 86.0 cm³/mol. The fraction of sp³-hybridized carbons (Fsp3) is 0.286. The van der Waals surface area contributed by atoms with E-state index in [0.29, 0.717) is 21.3 Å². The van der Waals surface area contributed by atoms with Gasteiger partial charge in [-0.15, -0.1) is 0 Å². The molecule has 0 unspecified atom stereocenters. The van der Waals surface area contributed by atoms with Crippen molar-refractivity contribution < 1.29 is 24.0 Å². The van der Waals surface area contributed by atoms with Crippen molar-refractivity contribution >= 4 is 39.2 Å². The number of nitrogens with one attached hydrogen (secondary N) is 1. The van der Waals surface area contributed by atoms with E-state index in [2.05, 4.69) is 30.7 Å². The third-order valence-electron chi connectivity index (χ3n) is 3.15. The minimum absolute atomic E-state index is 0.0588. The van der Waals surface area contributed by atoms with E-state index in [0.717, 1.165) is 13.2 Å². The number of benzene rings is 1. The van der Waals surface area contributed by atoms with E-state index >= 15 is 0 Å². The highest BCUT2D eigenvalue weighted by Crippen LogP contribution is 2.35. The first-order valence-corrected chi connectivity index (χ1v) is 7.11. The third kappa shape index (κ3) is 4.28. The summed E-state index contributed by atoms with van der Waals surface area (Å²) in [6, 6.07) is 1.32. The van der Waals surface area contributed by atoms with Crippen molar-refractivity contribution in [2.24, 2.45) is 0 Å². The number of rotatable bonds is 5. The predicted octanol–water partition coefficient (Wildman–Crippen LogP) is 2.62. The van der Waals surface area contributed by atoms with E-state index in [-0.39, 0.29) is 11.4 Å². The monoisotopic (exact) mass is 386 g/mol. The van der Waals surface area contributed by atoms with Crippen LogP contribution in [0.3, 0.4) is 0 Å². The van der Waals surface area contributed by atoms with Gasteiger partial charge in [-0.25, -0.2) is 9.59 Å². The van der Waals surface area contributed by atoms with Gasteiger partial charge in [0.1, 0.15) is 5.70 Å². The number of methoxy groups -OCH3 is 2. The van der Waals surface area contributed by atoms with Crippen molar-refractivity contribution in [3.8, 4) is 0 Å². The number of carbonyl (C=O) groups is 2. The number of nitrogens with zero attached hydrogens (tertiary/aromatic N) is 1. The van der Waals surface area contributed by atoms with Gasteiger partial charge in [0.25, 0.3) is 5.69 Å².